The zero-order valence-electron chi connectivity index (χ0n) is 10.2. The molecular formula is C11H14F3N3S. The zero-order valence-corrected chi connectivity index (χ0v) is 11.1. The van der Waals surface area contributed by atoms with Crippen LogP contribution in [-0.4, -0.2) is 17.1 Å². The van der Waals surface area contributed by atoms with Gasteiger partial charge in [-0.1, -0.05) is 13.8 Å². The summed E-state index contributed by atoms with van der Waals surface area (Å²) in [5, 5.41) is -0.162. The SMILES string of the molecule is CC(C)c1cnc(N(C)C(N)=S)c(C(F)(F)F)c1. The third-order valence-electron chi connectivity index (χ3n) is 2.51. The monoisotopic (exact) mass is 277 g/mol. The minimum Gasteiger partial charge on any atom is -0.376 e. The Morgan fingerprint density at radius 1 is 1.44 bits per heavy atom. The first-order valence-corrected chi connectivity index (χ1v) is 5.65. The molecule has 100 valence electrons. The van der Waals surface area contributed by atoms with Crippen LogP contribution in [0.25, 0.3) is 0 Å². The molecule has 1 aromatic heterocycles. The summed E-state index contributed by atoms with van der Waals surface area (Å²) in [6.07, 6.45) is -3.09. The van der Waals surface area contributed by atoms with Gasteiger partial charge in [0.15, 0.2) is 5.11 Å². The standard InChI is InChI=1S/C11H14F3N3S/c1-6(2)7-4-8(11(12,13)14)9(16-5-7)17(3)10(15)18/h4-6H,1-3H3,(H2,15,18). The molecule has 1 aromatic rings. The minimum atomic E-state index is -4.49. The van der Waals surface area contributed by atoms with Gasteiger partial charge in [-0.15, -0.1) is 0 Å². The molecule has 0 bridgehead atoms. The Labute approximate surface area is 109 Å². The van der Waals surface area contributed by atoms with E-state index in [1.165, 1.54) is 13.2 Å². The van der Waals surface area contributed by atoms with Gasteiger partial charge in [-0.3, -0.25) is 0 Å². The van der Waals surface area contributed by atoms with E-state index in [1.54, 1.807) is 13.8 Å². The molecular weight excluding hydrogens is 263 g/mol. The van der Waals surface area contributed by atoms with Crippen molar-refractivity contribution in [3.05, 3.63) is 23.4 Å². The molecule has 0 fully saturated rings. The Morgan fingerprint density at radius 3 is 2.39 bits per heavy atom. The summed E-state index contributed by atoms with van der Waals surface area (Å²) < 4.78 is 38.9. The molecule has 0 saturated carbocycles. The Balaban J connectivity index is 3.39. The van der Waals surface area contributed by atoms with Crippen molar-refractivity contribution in [2.24, 2.45) is 5.73 Å². The lowest BCUT2D eigenvalue weighted by Crippen LogP contribution is -2.34. The number of pyridine rings is 1. The van der Waals surface area contributed by atoms with Crippen molar-refractivity contribution in [1.82, 2.24) is 4.98 Å². The number of thiocarbonyl (C=S) groups is 1. The maximum absolute atomic E-state index is 13.0. The van der Waals surface area contributed by atoms with Crippen molar-refractivity contribution >= 4 is 23.1 Å². The number of hydrogen-bond acceptors (Lipinski definition) is 2. The molecule has 0 unspecified atom stereocenters. The molecule has 1 heterocycles. The van der Waals surface area contributed by atoms with Crippen LogP contribution >= 0.6 is 12.2 Å². The van der Waals surface area contributed by atoms with E-state index in [2.05, 4.69) is 17.2 Å². The Hall–Kier alpha value is -1.37. The second-order valence-corrected chi connectivity index (χ2v) is 4.61. The number of hydrogen-bond donors (Lipinski definition) is 1. The number of anilines is 1. The van der Waals surface area contributed by atoms with E-state index in [9.17, 15) is 13.2 Å². The van der Waals surface area contributed by atoms with Gasteiger partial charge in [-0.2, -0.15) is 13.2 Å². The lowest BCUT2D eigenvalue weighted by molar-refractivity contribution is -0.137. The molecule has 0 saturated heterocycles. The van der Waals surface area contributed by atoms with Crippen LogP contribution < -0.4 is 10.6 Å². The van der Waals surface area contributed by atoms with Gasteiger partial charge in [0.05, 0.1) is 5.56 Å². The molecule has 18 heavy (non-hydrogen) atoms. The van der Waals surface area contributed by atoms with E-state index in [0.717, 1.165) is 11.0 Å². The van der Waals surface area contributed by atoms with E-state index >= 15 is 0 Å². The van der Waals surface area contributed by atoms with Gasteiger partial charge in [-0.05, 0) is 29.8 Å². The van der Waals surface area contributed by atoms with Gasteiger partial charge in [0.25, 0.3) is 0 Å². The number of nitrogens with two attached hydrogens (primary N) is 1. The molecule has 0 spiro atoms. The topological polar surface area (TPSA) is 42.2 Å². The summed E-state index contributed by atoms with van der Waals surface area (Å²) in [6.45, 7) is 3.60. The van der Waals surface area contributed by atoms with Crippen molar-refractivity contribution in [1.29, 1.82) is 0 Å². The predicted molar refractivity (Wildman–Crippen MR) is 68.5 cm³/mol. The summed E-state index contributed by atoms with van der Waals surface area (Å²) in [6, 6.07) is 1.09. The average molecular weight is 277 g/mol. The van der Waals surface area contributed by atoms with Crippen molar-refractivity contribution in [2.75, 3.05) is 11.9 Å². The van der Waals surface area contributed by atoms with Crippen molar-refractivity contribution in [2.45, 2.75) is 25.9 Å². The van der Waals surface area contributed by atoms with Crippen LogP contribution in [0.15, 0.2) is 12.3 Å². The third kappa shape index (κ3) is 3.10. The van der Waals surface area contributed by atoms with Gasteiger partial charge in [-0.25, -0.2) is 4.98 Å². The maximum atomic E-state index is 13.0. The van der Waals surface area contributed by atoms with Crippen molar-refractivity contribution in [3.63, 3.8) is 0 Å². The van der Waals surface area contributed by atoms with E-state index in [0.29, 0.717) is 5.56 Å². The fourth-order valence-electron chi connectivity index (χ4n) is 1.37. The molecule has 0 aliphatic rings. The smallest absolute Gasteiger partial charge is 0.376 e. The van der Waals surface area contributed by atoms with Gasteiger partial charge < -0.3 is 10.6 Å². The average Bonchev–Trinajstić information content (AvgIpc) is 2.25. The lowest BCUT2D eigenvalue weighted by atomic mass is 10.0. The van der Waals surface area contributed by atoms with Crippen LogP contribution in [0.2, 0.25) is 0 Å². The van der Waals surface area contributed by atoms with Gasteiger partial charge >= 0.3 is 6.18 Å². The number of aromatic nitrogens is 1. The summed E-state index contributed by atoms with van der Waals surface area (Å²) in [5.41, 5.74) is 5.01. The van der Waals surface area contributed by atoms with Crippen LogP contribution in [0.4, 0.5) is 19.0 Å². The lowest BCUT2D eigenvalue weighted by Gasteiger charge is -2.21. The van der Waals surface area contributed by atoms with Gasteiger partial charge in [0, 0.05) is 13.2 Å². The number of alkyl halides is 3. The molecule has 0 atom stereocenters. The predicted octanol–water partition coefficient (Wildman–Crippen LogP) is 2.90. The summed E-state index contributed by atoms with van der Waals surface area (Å²) in [4.78, 5) is 4.87. The third-order valence-corrected chi connectivity index (χ3v) is 2.78. The maximum Gasteiger partial charge on any atom is 0.419 e. The second kappa shape index (κ2) is 5.09. The molecule has 0 aliphatic heterocycles. The summed E-state index contributed by atoms with van der Waals surface area (Å²) in [5.74, 6) is -0.317. The summed E-state index contributed by atoms with van der Waals surface area (Å²) in [7, 11) is 1.36. The Morgan fingerprint density at radius 2 is 2.00 bits per heavy atom. The first-order valence-electron chi connectivity index (χ1n) is 5.25. The quantitative estimate of drug-likeness (QED) is 0.844. The van der Waals surface area contributed by atoms with Crippen LogP contribution in [0.5, 0.6) is 0 Å². The van der Waals surface area contributed by atoms with E-state index in [4.69, 9.17) is 5.73 Å². The first kappa shape index (κ1) is 14.7. The minimum absolute atomic E-state index is 0.0391. The molecule has 0 aromatic carbocycles. The zero-order chi connectivity index (χ0) is 14.1. The Kier molecular flexibility index (Phi) is 4.16. The van der Waals surface area contributed by atoms with Crippen molar-refractivity contribution < 1.29 is 13.2 Å². The Bertz CT molecular complexity index is 457. The molecule has 3 nitrogen and oxygen atoms in total. The fourth-order valence-corrected chi connectivity index (χ4v) is 1.46. The van der Waals surface area contributed by atoms with Crippen LogP contribution in [0.1, 0.15) is 30.9 Å². The highest BCUT2D eigenvalue weighted by Crippen LogP contribution is 2.36. The normalized spacial score (nSPS) is 11.7. The van der Waals surface area contributed by atoms with Crippen LogP contribution in [0, 0.1) is 0 Å². The second-order valence-electron chi connectivity index (χ2n) is 4.19. The van der Waals surface area contributed by atoms with Gasteiger partial charge in [0.1, 0.15) is 5.82 Å². The largest absolute Gasteiger partial charge is 0.419 e. The number of halogens is 3. The highest BCUT2D eigenvalue weighted by Gasteiger charge is 2.36. The van der Waals surface area contributed by atoms with Crippen LogP contribution in [0.3, 0.4) is 0 Å². The molecule has 7 heteroatoms. The van der Waals surface area contributed by atoms with Crippen LogP contribution in [-0.2, 0) is 6.18 Å². The summed E-state index contributed by atoms with van der Waals surface area (Å²) >= 11 is 4.66. The van der Waals surface area contributed by atoms with E-state index in [1.807, 2.05) is 0 Å². The highest BCUT2D eigenvalue weighted by molar-refractivity contribution is 7.80. The first-order chi connectivity index (χ1) is 8.14. The van der Waals surface area contributed by atoms with Gasteiger partial charge in [0.2, 0.25) is 0 Å². The van der Waals surface area contributed by atoms with E-state index < -0.39 is 11.7 Å². The molecule has 1 rings (SSSR count). The molecule has 0 aliphatic carbocycles. The van der Waals surface area contributed by atoms with E-state index in [-0.39, 0.29) is 16.8 Å². The highest BCUT2D eigenvalue weighted by atomic mass is 32.1. The molecule has 0 radical (unpaired) electrons. The number of nitrogens with zero attached hydrogens (tertiary/aromatic N) is 2. The van der Waals surface area contributed by atoms with Crippen molar-refractivity contribution in [3.8, 4) is 0 Å². The fraction of sp³-hybridized carbons (Fsp3) is 0.455. The molecule has 0 amide bonds. The molecule has 2 N–H and O–H groups in total. The number of rotatable bonds is 2.